The lowest BCUT2D eigenvalue weighted by Crippen LogP contribution is -2.37. The molecule has 0 aromatic carbocycles. The molecule has 7 fully saturated rings. The van der Waals surface area contributed by atoms with E-state index in [4.69, 9.17) is 57.1 Å². The van der Waals surface area contributed by atoms with Gasteiger partial charge in [-0.1, -0.05) is 74.6 Å². The molecule has 0 saturated carbocycles. The largest absolute Gasteiger partial charge is 0.469 e. The van der Waals surface area contributed by atoms with Crippen LogP contribution < -0.4 is 0 Å². The molecule has 20 atom stereocenters. The molecule has 0 aromatic heterocycles. The topological polar surface area (TPSA) is 306 Å². The SMILES string of the molecule is C=CC1OC(C=C)C(C(=O)OC)C1C.C=CC1OC(C=CCC2OC(C=C)C3C(=O)OC(=O)C23)C(C(=O)OC)C1C.COC(=O)C1C2C=CC(O2)C1C(=O)OC.O=C1OC(=O)C2C3C=CC(O3)C12.O=C=O.O=C=O. The van der Waals surface area contributed by atoms with Crippen LogP contribution in [-0.2, 0) is 110 Å². The summed E-state index contributed by atoms with van der Waals surface area (Å²) in [7, 11) is 5.33. The maximum Gasteiger partial charge on any atom is 0.373 e. The van der Waals surface area contributed by atoms with Crippen molar-refractivity contribution in [3.63, 3.8) is 0 Å². The minimum absolute atomic E-state index is 0.0655. The predicted molar refractivity (Wildman–Crippen MR) is 243 cm³/mol. The van der Waals surface area contributed by atoms with Crippen molar-refractivity contribution in [2.75, 3.05) is 28.4 Å². The van der Waals surface area contributed by atoms with E-state index in [9.17, 15) is 38.4 Å². The van der Waals surface area contributed by atoms with E-state index >= 15 is 0 Å². The second-order valence-electron chi connectivity index (χ2n) is 17.4. The van der Waals surface area contributed by atoms with E-state index in [-0.39, 0.29) is 96.6 Å². The Morgan fingerprint density at radius 2 is 0.811 bits per heavy atom. The Bertz CT molecular complexity index is 2250. The summed E-state index contributed by atoms with van der Waals surface area (Å²) in [5.41, 5.74) is 0. The third-order valence-electron chi connectivity index (χ3n) is 13.8. The van der Waals surface area contributed by atoms with Gasteiger partial charge in [-0.05, 0) is 6.42 Å². The Morgan fingerprint density at radius 1 is 0.473 bits per heavy atom. The summed E-state index contributed by atoms with van der Waals surface area (Å²) in [5, 5.41) is 0. The fourth-order valence-electron chi connectivity index (χ4n) is 10.3. The van der Waals surface area contributed by atoms with Crippen molar-refractivity contribution < 1.29 is 110 Å². The first-order valence-corrected chi connectivity index (χ1v) is 23.0. The molecule has 0 spiro atoms. The zero-order chi connectivity index (χ0) is 55.1. The van der Waals surface area contributed by atoms with Gasteiger partial charge in [-0.25, -0.2) is 0 Å². The summed E-state index contributed by atoms with van der Waals surface area (Å²) in [6, 6.07) is 0. The first kappa shape index (κ1) is 59.5. The maximum absolute atomic E-state index is 12.1. The van der Waals surface area contributed by atoms with Crippen LogP contribution in [0, 0.1) is 59.2 Å². The van der Waals surface area contributed by atoms with Gasteiger partial charge in [0.25, 0.3) is 0 Å². The lowest BCUT2D eigenvalue weighted by Gasteiger charge is -2.20. The van der Waals surface area contributed by atoms with Crippen molar-refractivity contribution in [1.29, 1.82) is 0 Å². The number of ether oxygens (including phenoxy) is 11. The molecule has 9 heterocycles. The molecule has 23 heteroatoms. The van der Waals surface area contributed by atoms with E-state index < -0.39 is 83.7 Å². The number of esters is 8. The Labute approximate surface area is 424 Å². The summed E-state index contributed by atoms with van der Waals surface area (Å²) in [6.07, 6.45) is 15.0. The van der Waals surface area contributed by atoms with Crippen LogP contribution in [0.1, 0.15) is 20.3 Å². The van der Waals surface area contributed by atoms with Crippen LogP contribution in [0.25, 0.3) is 0 Å². The van der Waals surface area contributed by atoms with Crippen LogP contribution in [-0.4, -0.2) is 150 Å². The first-order chi connectivity index (χ1) is 35.4. The molecule has 9 aliphatic heterocycles. The Hall–Kier alpha value is -7.10. The second kappa shape index (κ2) is 27.3. The number of methoxy groups -OCH3 is 4. The Morgan fingerprint density at radius 3 is 1.22 bits per heavy atom. The van der Waals surface area contributed by atoms with Crippen LogP contribution >= 0.6 is 0 Å². The van der Waals surface area contributed by atoms with Gasteiger partial charge >= 0.3 is 60.1 Å². The standard InChI is InChI=1S/C20H24O7.C11H16O3.C10H12O5.C8H6O4.2CO2/c1-5-11-10(3)15(18(21)24-4)13(25-11)8-7-9-14-17-16(12(6-2)26-14)19(22)27-20(17)23;1-5-8-7(3)10(11(12)13-4)9(6-2)14-8;1-13-9(11)7-5-3-4-6(15-5)8(7)10(12)14-2;9-7-5-3-1-2-4(11-3)6(5)8(10)12-7;2*2-1-3/h5-8,10-17H,1-2,9H2,3-4H3;5-10H,1-2H2,3-4H3;3-8H,1-2H3;1-6H;;. The molecule has 0 radical (unpaired) electrons. The molecule has 9 rings (SSSR count). The fraction of sp³-hybridized carbons (Fsp3) is 0.529. The summed E-state index contributed by atoms with van der Waals surface area (Å²) >= 11 is 0. The van der Waals surface area contributed by atoms with Gasteiger partial charge in [0.1, 0.15) is 29.6 Å². The van der Waals surface area contributed by atoms with E-state index in [1.807, 2.05) is 32.1 Å². The quantitative estimate of drug-likeness (QED) is 0.123. The van der Waals surface area contributed by atoms with Gasteiger partial charge in [0.15, 0.2) is 0 Å². The van der Waals surface area contributed by atoms with Crippen molar-refractivity contribution >= 4 is 60.1 Å². The molecule has 74 heavy (non-hydrogen) atoms. The third kappa shape index (κ3) is 12.6. The summed E-state index contributed by atoms with van der Waals surface area (Å²) < 4.78 is 56.2. The molecule has 400 valence electrons. The van der Waals surface area contributed by atoms with Crippen LogP contribution in [0.3, 0.4) is 0 Å². The molecule has 0 N–H and O–H groups in total. The lowest BCUT2D eigenvalue weighted by molar-refractivity contribution is -0.193. The second-order valence-corrected chi connectivity index (χ2v) is 17.4. The van der Waals surface area contributed by atoms with Crippen molar-refractivity contribution in [2.45, 2.75) is 81.3 Å². The van der Waals surface area contributed by atoms with Gasteiger partial charge in [0, 0.05) is 11.8 Å². The number of cyclic esters (lactones) is 4. The van der Waals surface area contributed by atoms with E-state index in [2.05, 4.69) is 40.5 Å². The van der Waals surface area contributed by atoms with E-state index in [1.54, 1.807) is 36.5 Å². The first-order valence-electron chi connectivity index (χ1n) is 23.0. The van der Waals surface area contributed by atoms with Crippen molar-refractivity contribution in [2.24, 2.45) is 59.2 Å². The number of hydrogen-bond acceptors (Lipinski definition) is 23. The Balaban J connectivity index is 0.000000216. The van der Waals surface area contributed by atoms with E-state index in [0.29, 0.717) is 6.42 Å². The highest BCUT2D eigenvalue weighted by Gasteiger charge is 2.60. The molecule has 20 unspecified atom stereocenters. The van der Waals surface area contributed by atoms with Crippen LogP contribution in [0.2, 0.25) is 0 Å². The fourth-order valence-corrected chi connectivity index (χ4v) is 10.3. The molecule has 0 amide bonds. The van der Waals surface area contributed by atoms with Gasteiger partial charge in [-0.2, -0.15) is 19.2 Å². The average molecular weight is 1040 g/mol. The molecule has 9 aliphatic rings. The maximum atomic E-state index is 12.1. The number of carbonyl (C=O) groups excluding carboxylic acids is 12. The highest BCUT2D eigenvalue weighted by atomic mass is 16.6. The van der Waals surface area contributed by atoms with Crippen LogP contribution in [0.5, 0.6) is 0 Å². The Kier molecular flexibility index (Phi) is 21.9. The molecular weight excluding hydrogens is 981 g/mol. The summed E-state index contributed by atoms with van der Waals surface area (Å²) in [5.74, 6) is -7.25. The predicted octanol–water partition coefficient (Wildman–Crippen LogP) is 1.51. The van der Waals surface area contributed by atoms with Crippen molar-refractivity contribution in [1.82, 2.24) is 0 Å². The lowest BCUT2D eigenvalue weighted by atomic mass is 9.83. The zero-order valence-corrected chi connectivity index (χ0v) is 41.2. The molecule has 0 aliphatic carbocycles. The van der Waals surface area contributed by atoms with E-state index in [0.717, 1.165) is 0 Å². The number of carbonyl (C=O) groups is 8. The van der Waals surface area contributed by atoms with Gasteiger partial charge < -0.3 is 52.1 Å². The summed E-state index contributed by atoms with van der Waals surface area (Å²) in [4.78, 5) is 125. The third-order valence-corrected chi connectivity index (χ3v) is 13.8. The van der Waals surface area contributed by atoms with Crippen molar-refractivity contribution in [3.05, 3.63) is 87.1 Å². The van der Waals surface area contributed by atoms with Gasteiger partial charge in [-0.15, -0.1) is 26.3 Å². The highest BCUT2D eigenvalue weighted by Crippen LogP contribution is 2.45. The smallest absolute Gasteiger partial charge is 0.373 e. The van der Waals surface area contributed by atoms with Gasteiger partial charge in [-0.3, -0.25) is 38.4 Å². The monoisotopic (exact) mass is 1040 g/mol. The number of rotatable bonds is 11. The van der Waals surface area contributed by atoms with Gasteiger partial charge in [0.05, 0.1) is 107 Å². The number of fused-ring (bicyclic) bond motifs is 8. The molecule has 23 nitrogen and oxygen atoms in total. The molecule has 4 bridgehead atoms. The highest BCUT2D eigenvalue weighted by molar-refractivity contribution is 5.99. The molecule has 0 aromatic rings. The summed E-state index contributed by atoms with van der Waals surface area (Å²) in [6.45, 7) is 18.6. The van der Waals surface area contributed by atoms with Crippen molar-refractivity contribution in [3.8, 4) is 0 Å². The molecular formula is C51H58O23. The van der Waals surface area contributed by atoms with Crippen LogP contribution in [0.15, 0.2) is 87.1 Å². The average Bonchev–Trinajstić information content (AvgIpc) is 4.29. The zero-order valence-electron chi connectivity index (χ0n) is 41.2. The van der Waals surface area contributed by atoms with Gasteiger partial charge in [0.2, 0.25) is 0 Å². The van der Waals surface area contributed by atoms with Crippen LogP contribution in [0.4, 0.5) is 0 Å². The minimum atomic E-state index is -0.635. The van der Waals surface area contributed by atoms with E-state index in [1.165, 1.54) is 34.5 Å². The minimum Gasteiger partial charge on any atom is -0.469 e. The normalized spacial score (nSPS) is 37.3. The molecule has 7 saturated heterocycles. The number of hydrogen-bond donors (Lipinski definition) is 0.